The molecule has 0 bridgehead atoms. The van der Waals surface area contributed by atoms with Crippen molar-refractivity contribution in [1.29, 1.82) is 0 Å². The first kappa shape index (κ1) is 14.2. The van der Waals surface area contributed by atoms with Crippen LogP contribution in [0.4, 0.5) is 0 Å². The van der Waals surface area contributed by atoms with Gasteiger partial charge in [-0.1, -0.05) is 67.8 Å². The molecule has 0 aliphatic heterocycles. The van der Waals surface area contributed by atoms with Gasteiger partial charge in [0.2, 0.25) is 0 Å². The highest BCUT2D eigenvalue weighted by Crippen LogP contribution is 2.15. The quantitative estimate of drug-likeness (QED) is 0.322. The monoisotopic (exact) mass is 262 g/mol. The topological polar surface area (TPSA) is 17.1 Å². The molecule has 0 aliphatic rings. The van der Waals surface area contributed by atoms with Crippen molar-refractivity contribution < 1.29 is 4.79 Å². The molecule has 1 unspecified atom stereocenters. The van der Waals surface area contributed by atoms with Gasteiger partial charge in [0, 0.05) is 11.2 Å². The van der Waals surface area contributed by atoms with Crippen LogP contribution in [0, 0.1) is 0 Å². The van der Waals surface area contributed by atoms with Crippen LogP contribution >= 0.6 is 15.9 Å². The standard InChI is InChI=1S/C12H23BrO/c1-2-3-4-5-6-7-8-9-12(13)10-11-14/h11-12H,2-10H2,1H3. The summed E-state index contributed by atoms with van der Waals surface area (Å²) in [6, 6.07) is 0. The minimum atomic E-state index is 0.413. The fraction of sp³-hybridized carbons (Fsp3) is 0.917. The number of halogens is 1. The van der Waals surface area contributed by atoms with Crippen molar-refractivity contribution in [3.63, 3.8) is 0 Å². The summed E-state index contributed by atoms with van der Waals surface area (Å²) in [6.45, 7) is 2.24. The van der Waals surface area contributed by atoms with E-state index < -0.39 is 0 Å². The molecule has 0 aromatic rings. The predicted molar refractivity (Wildman–Crippen MR) is 66.0 cm³/mol. The molecular weight excluding hydrogens is 240 g/mol. The second-order valence-electron chi connectivity index (χ2n) is 3.91. The number of carbonyl (C=O) groups excluding carboxylic acids is 1. The molecule has 0 rings (SSSR count). The molecule has 0 N–H and O–H groups in total. The fourth-order valence-corrected chi connectivity index (χ4v) is 2.02. The zero-order chi connectivity index (χ0) is 10.6. The van der Waals surface area contributed by atoms with Gasteiger partial charge in [-0.25, -0.2) is 0 Å². The van der Waals surface area contributed by atoms with Crippen molar-refractivity contribution in [2.24, 2.45) is 0 Å². The first-order valence-electron chi connectivity index (χ1n) is 5.89. The van der Waals surface area contributed by atoms with Crippen molar-refractivity contribution in [3.8, 4) is 0 Å². The van der Waals surface area contributed by atoms with Crippen LogP contribution in [0.15, 0.2) is 0 Å². The Kier molecular flexibility index (Phi) is 11.3. The van der Waals surface area contributed by atoms with E-state index in [9.17, 15) is 4.79 Å². The minimum Gasteiger partial charge on any atom is -0.303 e. The van der Waals surface area contributed by atoms with E-state index in [1.54, 1.807) is 0 Å². The highest BCUT2D eigenvalue weighted by atomic mass is 79.9. The van der Waals surface area contributed by atoms with Crippen molar-refractivity contribution >= 4 is 22.2 Å². The van der Waals surface area contributed by atoms with Gasteiger partial charge < -0.3 is 4.79 Å². The number of alkyl halides is 1. The minimum absolute atomic E-state index is 0.413. The maximum atomic E-state index is 10.2. The Balaban J connectivity index is 3.01. The van der Waals surface area contributed by atoms with Crippen molar-refractivity contribution in [2.75, 3.05) is 0 Å². The molecule has 0 saturated heterocycles. The molecule has 0 radical (unpaired) electrons. The number of carbonyl (C=O) groups is 1. The molecule has 0 spiro atoms. The Morgan fingerprint density at radius 2 is 1.64 bits per heavy atom. The van der Waals surface area contributed by atoms with E-state index in [4.69, 9.17) is 0 Å². The molecule has 0 heterocycles. The number of hydrogen-bond acceptors (Lipinski definition) is 1. The molecule has 14 heavy (non-hydrogen) atoms. The molecule has 0 aromatic carbocycles. The van der Waals surface area contributed by atoms with Crippen molar-refractivity contribution in [1.82, 2.24) is 0 Å². The first-order valence-corrected chi connectivity index (χ1v) is 6.80. The molecule has 1 atom stereocenters. The van der Waals surface area contributed by atoms with Gasteiger partial charge in [0.15, 0.2) is 0 Å². The molecule has 0 saturated carbocycles. The van der Waals surface area contributed by atoms with Gasteiger partial charge in [-0.3, -0.25) is 0 Å². The molecule has 2 heteroatoms. The van der Waals surface area contributed by atoms with E-state index in [-0.39, 0.29) is 0 Å². The lowest BCUT2D eigenvalue weighted by Crippen LogP contribution is -1.97. The summed E-state index contributed by atoms with van der Waals surface area (Å²) in [5.41, 5.74) is 0. The van der Waals surface area contributed by atoms with Gasteiger partial charge in [-0.05, 0) is 6.42 Å². The Hall–Kier alpha value is 0.150. The van der Waals surface area contributed by atoms with Crippen LogP contribution in [0.5, 0.6) is 0 Å². The van der Waals surface area contributed by atoms with Gasteiger partial charge in [0.05, 0.1) is 0 Å². The van der Waals surface area contributed by atoms with Crippen LogP contribution in [-0.4, -0.2) is 11.1 Å². The van der Waals surface area contributed by atoms with Crippen LogP contribution < -0.4 is 0 Å². The lowest BCUT2D eigenvalue weighted by molar-refractivity contribution is -0.107. The largest absolute Gasteiger partial charge is 0.303 e. The molecular formula is C12H23BrO. The van der Waals surface area contributed by atoms with E-state index in [2.05, 4.69) is 22.9 Å². The van der Waals surface area contributed by atoms with Crippen LogP contribution in [0.25, 0.3) is 0 Å². The van der Waals surface area contributed by atoms with Gasteiger partial charge in [0.25, 0.3) is 0 Å². The SMILES string of the molecule is CCCCCCCCCC(Br)CC=O. The highest BCUT2D eigenvalue weighted by Gasteiger charge is 2.01. The second kappa shape index (κ2) is 11.2. The van der Waals surface area contributed by atoms with E-state index in [1.165, 1.54) is 44.9 Å². The smallest absolute Gasteiger partial charge is 0.121 e. The molecule has 1 nitrogen and oxygen atoms in total. The maximum Gasteiger partial charge on any atom is 0.121 e. The normalized spacial score (nSPS) is 12.7. The number of hydrogen-bond donors (Lipinski definition) is 0. The molecule has 0 fully saturated rings. The average molecular weight is 263 g/mol. The Morgan fingerprint density at radius 1 is 1.07 bits per heavy atom. The first-order chi connectivity index (χ1) is 6.81. The lowest BCUT2D eigenvalue weighted by atomic mass is 10.1. The van der Waals surface area contributed by atoms with E-state index >= 15 is 0 Å². The van der Waals surface area contributed by atoms with Gasteiger partial charge in [-0.15, -0.1) is 0 Å². The third-order valence-corrected chi connectivity index (χ3v) is 3.30. The Labute approximate surface area is 96.8 Å². The summed E-state index contributed by atoms with van der Waals surface area (Å²) >= 11 is 3.50. The zero-order valence-corrected chi connectivity index (χ0v) is 10.9. The van der Waals surface area contributed by atoms with Crippen LogP contribution in [0.2, 0.25) is 0 Å². The third-order valence-electron chi connectivity index (χ3n) is 2.47. The highest BCUT2D eigenvalue weighted by molar-refractivity contribution is 9.09. The number of aldehydes is 1. The summed E-state index contributed by atoms with van der Waals surface area (Å²) in [5.74, 6) is 0. The van der Waals surface area contributed by atoms with E-state index in [1.807, 2.05) is 0 Å². The van der Waals surface area contributed by atoms with Gasteiger partial charge in [-0.2, -0.15) is 0 Å². The summed E-state index contributed by atoms with van der Waals surface area (Å²) < 4.78 is 0. The van der Waals surface area contributed by atoms with Gasteiger partial charge >= 0.3 is 0 Å². The summed E-state index contributed by atoms with van der Waals surface area (Å²) in [5, 5.41) is 0. The summed E-state index contributed by atoms with van der Waals surface area (Å²) in [6.07, 6.45) is 12.2. The van der Waals surface area contributed by atoms with Crippen molar-refractivity contribution in [3.05, 3.63) is 0 Å². The zero-order valence-electron chi connectivity index (χ0n) is 9.30. The lowest BCUT2D eigenvalue weighted by Gasteiger charge is -2.05. The predicted octanol–water partition coefficient (Wildman–Crippen LogP) is 4.48. The molecule has 0 amide bonds. The van der Waals surface area contributed by atoms with Crippen molar-refractivity contribution in [2.45, 2.75) is 69.5 Å². The Bertz CT molecular complexity index is 125. The Morgan fingerprint density at radius 3 is 2.21 bits per heavy atom. The van der Waals surface area contributed by atoms with E-state index in [0.29, 0.717) is 11.2 Å². The molecule has 0 aliphatic carbocycles. The average Bonchev–Trinajstić information content (AvgIpc) is 2.17. The van der Waals surface area contributed by atoms with Crippen LogP contribution in [0.3, 0.4) is 0 Å². The maximum absolute atomic E-state index is 10.2. The fourth-order valence-electron chi connectivity index (χ4n) is 1.55. The number of unbranched alkanes of at least 4 members (excludes halogenated alkanes) is 6. The summed E-state index contributed by atoms with van der Waals surface area (Å²) in [4.78, 5) is 10.6. The molecule has 84 valence electrons. The number of rotatable bonds is 10. The second-order valence-corrected chi connectivity index (χ2v) is 5.20. The molecule has 0 aromatic heterocycles. The van der Waals surface area contributed by atoms with Gasteiger partial charge in [0.1, 0.15) is 6.29 Å². The van der Waals surface area contributed by atoms with Crippen LogP contribution in [-0.2, 0) is 4.79 Å². The third kappa shape index (κ3) is 10.2. The van der Waals surface area contributed by atoms with E-state index in [0.717, 1.165) is 12.7 Å². The van der Waals surface area contributed by atoms with Crippen LogP contribution in [0.1, 0.15) is 64.7 Å². The summed E-state index contributed by atoms with van der Waals surface area (Å²) in [7, 11) is 0.